The molecule has 0 fully saturated rings. The zero-order chi connectivity index (χ0) is 8.85. The fourth-order valence-corrected chi connectivity index (χ4v) is 0.475. The maximum absolute atomic E-state index is 10.6. The van der Waals surface area contributed by atoms with Gasteiger partial charge < -0.3 is 10.3 Å². The molecule has 0 amide bonds. The Morgan fingerprint density at radius 3 is 2.45 bits per heavy atom. The summed E-state index contributed by atoms with van der Waals surface area (Å²) in [5, 5.41) is -1.15. The average molecular weight is 177 g/mol. The minimum Gasteiger partial charge on any atom is -0.457 e. The number of rotatable bonds is 3. The Labute approximate surface area is 67.5 Å². The Kier molecular flexibility index (Phi) is 4.10. The number of carbonyl (C=O) groups excluding carboxylic acids is 2. The van der Waals surface area contributed by atoms with E-state index in [1.807, 2.05) is 0 Å². The smallest absolute Gasteiger partial charge is 0.457 e. The first-order valence-electron chi connectivity index (χ1n) is 2.72. The molecule has 0 aromatic carbocycles. The number of nitrogens with zero attached hydrogens (tertiary/aromatic N) is 2. The van der Waals surface area contributed by atoms with Gasteiger partial charge in [0.25, 0.3) is 0 Å². The van der Waals surface area contributed by atoms with E-state index < -0.39 is 16.9 Å². The average Bonchev–Trinajstić information content (AvgIpc) is 1.88. The van der Waals surface area contributed by atoms with Gasteiger partial charge in [-0.1, -0.05) is 0 Å². The van der Waals surface area contributed by atoms with E-state index >= 15 is 0 Å². The van der Waals surface area contributed by atoms with E-state index in [4.69, 9.17) is 17.1 Å². The number of carbonyl (C=O) groups is 2. The molecule has 0 aromatic rings. The van der Waals surface area contributed by atoms with Crippen LogP contribution >= 0.6 is 11.6 Å². The molecule has 0 radical (unpaired) electrons. The van der Waals surface area contributed by atoms with Gasteiger partial charge in [0.05, 0.1) is 6.61 Å². The highest BCUT2D eigenvalue weighted by molar-refractivity contribution is 6.89. The molecular formula is C5H5ClN2O3. The van der Waals surface area contributed by atoms with Crippen LogP contribution in [-0.4, -0.2) is 28.3 Å². The molecule has 0 heterocycles. The molecule has 0 bridgehead atoms. The zero-order valence-electron chi connectivity index (χ0n) is 5.70. The van der Waals surface area contributed by atoms with Crippen molar-refractivity contribution in [1.82, 2.24) is 0 Å². The molecule has 0 aromatic heterocycles. The van der Waals surface area contributed by atoms with Crippen molar-refractivity contribution in [3.8, 4) is 0 Å². The predicted octanol–water partition coefficient (Wildman–Crippen LogP) is -0.0143. The lowest BCUT2D eigenvalue weighted by Crippen LogP contribution is -2.23. The summed E-state index contributed by atoms with van der Waals surface area (Å²) in [6, 6.07) is 0. The van der Waals surface area contributed by atoms with Crippen molar-refractivity contribution in [1.29, 1.82) is 0 Å². The van der Waals surface area contributed by atoms with Gasteiger partial charge in [0.15, 0.2) is 0 Å². The maximum Gasteiger partial charge on any atom is 0.457 e. The van der Waals surface area contributed by atoms with Crippen molar-refractivity contribution in [3.63, 3.8) is 0 Å². The first-order valence-corrected chi connectivity index (χ1v) is 3.10. The van der Waals surface area contributed by atoms with Crippen molar-refractivity contribution < 1.29 is 19.1 Å². The maximum atomic E-state index is 10.6. The van der Waals surface area contributed by atoms with Crippen LogP contribution in [0.5, 0.6) is 0 Å². The van der Waals surface area contributed by atoms with E-state index in [1.165, 1.54) is 0 Å². The van der Waals surface area contributed by atoms with Gasteiger partial charge in [0.2, 0.25) is 0 Å². The van der Waals surface area contributed by atoms with Crippen molar-refractivity contribution in [2.45, 2.75) is 6.92 Å². The molecule has 0 spiro atoms. The monoisotopic (exact) mass is 176 g/mol. The van der Waals surface area contributed by atoms with E-state index in [2.05, 4.69) is 9.53 Å². The topological polar surface area (TPSA) is 79.8 Å². The summed E-state index contributed by atoms with van der Waals surface area (Å²) in [4.78, 5) is 23.2. The summed E-state index contributed by atoms with van der Waals surface area (Å²) in [5.41, 5.74) is 7.26. The molecule has 0 atom stereocenters. The Morgan fingerprint density at radius 2 is 2.18 bits per heavy atom. The van der Waals surface area contributed by atoms with E-state index in [-0.39, 0.29) is 6.61 Å². The molecule has 0 aliphatic rings. The van der Waals surface area contributed by atoms with E-state index in [9.17, 15) is 9.59 Å². The highest BCUT2D eigenvalue weighted by Crippen LogP contribution is 1.87. The lowest BCUT2D eigenvalue weighted by molar-refractivity contribution is -0.141. The molecule has 0 saturated carbocycles. The van der Waals surface area contributed by atoms with Crippen LogP contribution in [0.25, 0.3) is 5.53 Å². The minimum atomic E-state index is -1.15. The van der Waals surface area contributed by atoms with Gasteiger partial charge in [0, 0.05) is 0 Å². The Bertz CT molecular complexity index is 232. The molecule has 0 rings (SSSR count). The zero-order valence-corrected chi connectivity index (χ0v) is 6.46. The van der Waals surface area contributed by atoms with Crippen LogP contribution in [0.3, 0.4) is 0 Å². The van der Waals surface area contributed by atoms with Gasteiger partial charge in [-0.2, -0.15) is 4.79 Å². The fraction of sp³-hybridized carbons (Fsp3) is 0.400. The molecule has 0 unspecified atom stereocenters. The van der Waals surface area contributed by atoms with Gasteiger partial charge in [-0.05, 0) is 18.5 Å². The van der Waals surface area contributed by atoms with E-state index in [0.717, 1.165) is 0 Å². The van der Waals surface area contributed by atoms with Gasteiger partial charge in [-0.15, -0.1) is 0 Å². The summed E-state index contributed by atoms with van der Waals surface area (Å²) in [5.74, 6) is -1.03. The molecule has 0 aliphatic heterocycles. The highest BCUT2D eigenvalue weighted by atomic mass is 35.5. The first-order chi connectivity index (χ1) is 5.13. The van der Waals surface area contributed by atoms with Gasteiger partial charge in [0.1, 0.15) is 0 Å². The number of halogens is 1. The van der Waals surface area contributed by atoms with Crippen LogP contribution in [0.1, 0.15) is 6.92 Å². The molecule has 0 N–H and O–H groups in total. The molecule has 0 aliphatic carbocycles. The minimum absolute atomic E-state index is 0.0853. The van der Waals surface area contributed by atoms with Gasteiger partial charge in [-0.25, -0.2) is 4.79 Å². The summed E-state index contributed by atoms with van der Waals surface area (Å²) >= 11 is 4.84. The highest BCUT2D eigenvalue weighted by Gasteiger charge is 2.28. The van der Waals surface area contributed by atoms with Crippen LogP contribution < -0.4 is 0 Å². The third-order valence-electron chi connectivity index (χ3n) is 0.755. The number of ether oxygens (including phenoxy) is 1. The quantitative estimate of drug-likeness (QED) is 0.151. The first kappa shape index (κ1) is 9.81. The fourth-order valence-electron chi connectivity index (χ4n) is 0.360. The van der Waals surface area contributed by atoms with E-state index in [1.54, 1.807) is 6.92 Å². The lowest BCUT2D eigenvalue weighted by atomic mass is 10.4. The SMILES string of the molecule is CCOC(=O)C(=[N+]=[N-])C(=O)Cl. The third-order valence-corrected chi connectivity index (χ3v) is 0.934. The van der Waals surface area contributed by atoms with Crippen LogP contribution in [0.2, 0.25) is 0 Å². The number of esters is 1. The Balaban J connectivity index is 4.42. The van der Waals surface area contributed by atoms with Crippen LogP contribution in [-0.2, 0) is 14.3 Å². The second-order valence-electron chi connectivity index (χ2n) is 1.44. The Morgan fingerprint density at radius 1 is 1.64 bits per heavy atom. The Hall–Kier alpha value is -1.19. The van der Waals surface area contributed by atoms with Crippen molar-refractivity contribution in [3.05, 3.63) is 5.53 Å². The largest absolute Gasteiger partial charge is 0.457 e. The van der Waals surface area contributed by atoms with Crippen LogP contribution in [0.4, 0.5) is 0 Å². The normalized spacial score (nSPS) is 8.18. The molecule has 6 heteroatoms. The van der Waals surface area contributed by atoms with Crippen LogP contribution in [0, 0.1) is 0 Å². The summed E-state index contributed by atoms with van der Waals surface area (Å²) in [6.07, 6.45) is 0. The summed E-state index contributed by atoms with van der Waals surface area (Å²) in [6.45, 7) is 1.63. The molecule has 5 nitrogen and oxygen atoms in total. The second kappa shape index (κ2) is 4.60. The molecular weight excluding hydrogens is 172 g/mol. The van der Waals surface area contributed by atoms with E-state index in [0.29, 0.717) is 0 Å². The standard InChI is InChI=1S/C5H5ClN2O3/c1-2-11-5(10)3(8-7)4(6)9/h2H2,1H3. The molecule has 0 saturated heterocycles. The predicted molar refractivity (Wildman–Crippen MR) is 36.1 cm³/mol. The van der Waals surface area contributed by atoms with Crippen molar-refractivity contribution in [2.24, 2.45) is 0 Å². The summed E-state index contributed by atoms with van der Waals surface area (Å²) in [7, 11) is 0. The third kappa shape index (κ3) is 2.93. The van der Waals surface area contributed by atoms with Gasteiger partial charge >= 0.3 is 16.9 Å². The number of hydrogen-bond acceptors (Lipinski definition) is 3. The van der Waals surface area contributed by atoms with Crippen molar-refractivity contribution >= 4 is 28.5 Å². The summed E-state index contributed by atoms with van der Waals surface area (Å²) < 4.78 is 4.32. The molecule has 60 valence electrons. The second-order valence-corrected chi connectivity index (χ2v) is 1.79. The van der Waals surface area contributed by atoms with Crippen LogP contribution in [0.15, 0.2) is 0 Å². The van der Waals surface area contributed by atoms with Gasteiger partial charge in [-0.3, -0.25) is 4.79 Å². The number of hydrogen-bond donors (Lipinski definition) is 0. The van der Waals surface area contributed by atoms with Crippen molar-refractivity contribution in [2.75, 3.05) is 6.61 Å². The molecule has 11 heavy (non-hydrogen) atoms. The lowest BCUT2D eigenvalue weighted by Gasteiger charge is -1.91.